The average Bonchev–Trinajstić information content (AvgIpc) is 3.45. The summed E-state index contributed by atoms with van der Waals surface area (Å²) < 4.78 is 20.8. The number of carbonyl (C=O) groups excluding carboxylic acids is 2. The Morgan fingerprint density at radius 3 is 1.85 bits per heavy atom. The Bertz CT molecular complexity index is 1950. The lowest BCUT2D eigenvalue weighted by molar-refractivity contribution is -0.168. The second kappa shape index (κ2) is 17.2. The first kappa shape index (κ1) is 44.6. The molecule has 11 nitrogen and oxygen atoms in total. The number of aromatic nitrogens is 2. The third kappa shape index (κ3) is 10.3. The van der Waals surface area contributed by atoms with Gasteiger partial charge in [-0.15, -0.1) is 0 Å². The maximum atomic E-state index is 15.1. The molecule has 14 heteroatoms. The van der Waals surface area contributed by atoms with E-state index in [2.05, 4.69) is 20.9 Å². The molecule has 0 bridgehead atoms. The van der Waals surface area contributed by atoms with Crippen molar-refractivity contribution in [1.82, 2.24) is 9.55 Å². The Balaban J connectivity index is 1.86. The van der Waals surface area contributed by atoms with Gasteiger partial charge in [0.05, 0.1) is 5.56 Å². The van der Waals surface area contributed by atoms with Gasteiger partial charge in [0.2, 0.25) is 0 Å². The summed E-state index contributed by atoms with van der Waals surface area (Å²) in [5.74, 6) is -1.56. The smallest absolute Gasteiger partial charge is 0.330 e. The Hall–Kier alpha value is -3.09. The SMILES string of the molecule is CC(C)(C)[Si](C)(C)O[C@@H](Cc1ccccc1)C(=O)C(O)[C@H]1O[C@@H](n2cc(/C=C/Br)c(=O)[nH]c2=O)C[C@@]1(O)C(=O)[C@H](Cc1ccccc1)O[Si](C)(C)C(C)(C)C. The normalized spacial score (nSPS) is 21.4. The summed E-state index contributed by atoms with van der Waals surface area (Å²) in [6, 6.07) is 18.5. The van der Waals surface area contributed by atoms with Gasteiger partial charge in [-0.05, 0) is 58.5 Å². The Kier molecular flexibility index (Phi) is 13.9. The topological polar surface area (TPSA) is 157 Å². The molecule has 1 fully saturated rings. The maximum absolute atomic E-state index is 15.1. The van der Waals surface area contributed by atoms with Crippen LogP contribution in [0.25, 0.3) is 6.08 Å². The van der Waals surface area contributed by atoms with Gasteiger partial charge in [-0.25, -0.2) is 4.79 Å². The molecule has 4 rings (SSSR count). The van der Waals surface area contributed by atoms with E-state index in [1.807, 2.05) is 128 Å². The largest absolute Gasteiger partial charge is 0.406 e. The number of Topliss-reactive ketones (excluding diaryl/α,β-unsaturated/α-hetero) is 2. The van der Waals surface area contributed by atoms with Crippen LogP contribution >= 0.6 is 15.9 Å². The van der Waals surface area contributed by atoms with E-state index in [0.717, 1.165) is 15.7 Å². The molecule has 55 heavy (non-hydrogen) atoms. The Morgan fingerprint density at radius 1 is 0.909 bits per heavy atom. The van der Waals surface area contributed by atoms with Gasteiger partial charge in [0.25, 0.3) is 5.56 Å². The average molecular weight is 858 g/mol. The minimum Gasteiger partial charge on any atom is -0.406 e. The van der Waals surface area contributed by atoms with Crippen LogP contribution in [-0.2, 0) is 36.0 Å². The van der Waals surface area contributed by atoms with Gasteiger partial charge in [0.1, 0.15) is 30.6 Å². The number of aliphatic hydroxyl groups is 2. The molecule has 0 amide bonds. The molecule has 6 atom stereocenters. The molecule has 0 spiro atoms. The number of nitrogens with one attached hydrogen (secondary N) is 1. The van der Waals surface area contributed by atoms with E-state index in [1.54, 1.807) is 0 Å². The van der Waals surface area contributed by atoms with E-state index in [4.69, 9.17) is 13.6 Å². The Morgan fingerprint density at radius 2 is 1.38 bits per heavy atom. The summed E-state index contributed by atoms with van der Waals surface area (Å²) in [6.07, 6.45) is -5.27. The van der Waals surface area contributed by atoms with E-state index in [0.29, 0.717) is 0 Å². The number of H-pyrrole nitrogens is 1. The van der Waals surface area contributed by atoms with Crippen LogP contribution in [0, 0.1) is 0 Å². The van der Waals surface area contributed by atoms with Crippen LogP contribution in [0.2, 0.25) is 36.3 Å². The number of ketones is 2. The molecule has 0 saturated carbocycles. The number of benzene rings is 2. The van der Waals surface area contributed by atoms with Gasteiger partial charge < -0.3 is 23.8 Å². The molecule has 300 valence electrons. The molecule has 3 N–H and O–H groups in total. The number of aliphatic hydroxyl groups excluding tert-OH is 1. The zero-order valence-corrected chi connectivity index (χ0v) is 37.2. The van der Waals surface area contributed by atoms with E-state index in [9.17, 15) is 24.6 Å². The number of hydrogen-bond donors (Lipinski definition) is 3. The fourth-order valence-corrected chi connectivity index (χ4v) is 8.89. The molecule has 1 saturated heterocycles. The van der Waals surface area contributed by atoms with Crippen LogP contribution in [-0.4, -0.2) is 78.0 Å². The van der Waals surface area contributed by atoms with Gasteiger partial charge >= 0.3 is 5.69 Å². The first-order chi connectivity index (χ1) is 25.4. The van der Waals surface area contributed by atoms with Crippen LogP contribution in [0.4, 0.5) is 0 Å². The van der Waals surface area contributed by atoms with Gasteiger partial charge in [-0.3, -0.25) is 23.9 Å². The van der Waals surface area contributed by atoms with Crippen LogP contribution in [0.15, 0.2) is 81.4 Å². The van der Waals surface area contributed by atoms with Crippen molar-refractivity contribution in [2.75, 3.05) is 0 Å². The van der Waals surface area contributed by atoms with Crippen molar-refractivity contribution < 1.29 is 33.4 Å². The highest BCUT2D eigenvalue weighted by atomic mass is 79.9. The standard InChI is InChI=1S/C41H57BrN2O9Si2/c1-39(2,3)54(7,8)52-30(23-27-17-13-11-14-18-27)33(45)34(46)36-41(50,25-32(51-36)44-26-29(21-22-42)37(48)43-38(44)49)35(47)31(24-28-19-15-12-16-20-28)53-55(9,10)40(4,5)6/h11-22,26,30-32,34,36,46,50H,23-25H2,1-10H3,(H,43,48,49)/b22-21+/t30-,31-,32+,34?,36+,41+/m0/s1. The predicted molar refractivity (Wildman–Crippen MR) is 223 cm³/mol. The van der Waals surface area contributed by atoms with Crippen molar-refractivity contribution in [3.05, 3.63) is 109 Å². The number of hydrogen-bond acceptors (Lipinski definition) is 9. The third-order valence-corrected chi connectivity index (χ3v) is 20.7. The highest BCUT2D eigenvalue weighted by Crippen LogP contribution is 2.44. The monoisotopic (exact) mass is 856 g/mol. The summed E-state index contributed by atoms with van der Waals surface area (Å²) in [5, 5.41) is 24.3. The van der Waals surface area contributed by atoms with Crippen molar-refractivity contribution in [2.45, 2.75) is 133 Å². The number of rotatable bonds is 15. The number of aromatic amines is 1. The highest BCUT2D eigenvalue weighted by molar-refractivity contribution is 9.11. The highest BCUT2D eigenvalue weighted by Gasteiger charge is 2.60. The van der Waals surface area contributed by atoms with Crippen molar-refractivity contribution in [3.63, 3.8) is 0 Å². The fraction of sp³-hybridized carbons (Fsp3) is 0.512. The van der Waals surface area contributed by atoms with E-state index in [1.165, 1.54) is 17.3 Å². The molecule has 2 aromatic carbocycles. The quantitative estimate of drug-likeness (QED) is 0.142. The summed E-state index contributed by atoms with van der Waals surface area (Å²) in [6.45, 7) is 20.2. The van der Waals surface area contributed by atoms with Crippen molar-refractivity contribution >= 4 is 50.2 Å². The fourth-order valence-electron chi connectivity index (χ4n) is 6.08. The van der Waals surface area contributed by atoms with E-state index in [-0.39, 0.29) is 28.5 Å². The number of carbonyl (C=O) groups is 2. The number of nitrogens with zero attached hydrogens (tertiary/aromatic N) is 1. The first-order valence-corrected chi connectivity index (χ1v) is 25.3. The second-order valence-corrected chi connectivity index (χ2v) is 27.5. The van der Waals surface area contributed by atoms with E-state index < -0.39 is 82.1 Å². The van der Waals surface area contributed by atoms with Gasteiger partial charge in [-0.2, -0.15) is 0 Å². The van der Waals surface area contributed by atoms with Crippen LogP contribution in [0.5, 0.6) is 0 Å². The molecule has 0 radical (unpaired) electrons. The number of ether oxygens (including phenoxy) is 1. The van der Waals surface area contributed by atoms with Crippen LogP contribution in [0.3, 0.4) is 0 Å². The van der Waals surface area contributed by atoms with Crippen LogP contribution in [0.1, 0.15) is 70.9 Å². The zero-order chi connectivity index (χ0) is 41.1. The van der Waals surface area contributed by atoms with Gasteiger partial charge in [-0.1, -0.05) is 118 Å². The molecule has 1 aliphatic heterocycles. The molecule has 0 aliphatic carbocycles. The summed E-state index contributed by atoms with van der Waals surface area (Å²) in [4.78, 5) is 59.3. The molecule has 2 heterocycles. The van der Waals surface area contributed by atoms with E-state index >= 15 is 4.79 Å². The molecule has 1 aromatic heterocycles. The Labute approximate surface area is 334 Å². The molecule has 3 aromatic rings. The minimum absolute atomic E-state index is 0.0870. The van der Waals surface area contributed by atoms with Gasteiger partial charge in [0.15, 0.2) is 33.8 Å². The number of halogens is 1. The second-order valence-electron chi connectivity index (χ2n) is 17.5. The molecule has 1 aliphatic rings. The van der Waals surface area contributed by atoms with Gasteiger partial charge in [0, 0.05) is 25.5 Å². The van der Waals surface area contributed by atoms with Crippen molar-refractivity contribution in [1.29, 1.82) is 0 Å². The summed E-state index contributed by atoms with van der Waals surface area (Å²) in [7, 11) is -5.32. The predicted octanol–water partition coefficient (Wildman–Crippen LogP) is 6.69. The molecule has 1 unspecified atom stereocenters. The maximum Gasteiger partial charge on any atom is 0.330 e. The lowest BCUT2D eigenvalue weighted by Gasteiger charge is -2.41. The molecular weight excluding hydrogens is 801 g/mol. The van der Waals surface area contributed by atoms with Crippen molar-refractivity contribution in [2.24, 2.45) is 0 Å². The zero-order valence-electron chi connectivity index (χ0n) is 33.6. The lowest BCUT2D eigenvalue weighted by Crippen LogP contribution is -2.60. The van der Waals surface area contributed by atoms with Crippen molar-refractivity contribution in [3.8, 4) is 0 Å². The first-order valence-electron chi connectivity index (χ1n) is 18.6. The summed E-state index contributed by atoms with van der Waals surface area (Å²) in [5.41, 5.74) is -2.40. The summed E-state index contributed by atoms with van der Waals surface area (Å²) >= 11 is 3.15. The van der Waals surface area contributed by atoms with Crippen LogP contribution < -0.4 is 11.2 Å². The third-order valence-electron chi connectivity index (χ3n) is 11.4. The minimum atomic E-state index is -2.68. The molecular formula is C41H57BrN2O9Si2. The lowest BCUT2D eigenvalue weighted by atomic mass is 9.81.